The van der Waals surface area contributed by atoms with Crippen LogP contribution in [0.5, 0.6) is 0 Å². The highest BCUT2D eigenvalue weighted by Crippen LogP contribution is 2.26. The van der Waals surface area contributed by atoms with E-state index in [2.05, 4.69) is 22.2 Å². The second-order valence-corrected chi connectivity index (χ2v) is 6.84. The zero-order chi connectivity index (χ0) is 16.9. The molecule has 0 aliphatic heterocycles. The van der Waals surface area contributed by atoms with Crippen molar-refractivity contribution < 1.29 is 4.79 Å². The number of aromatic nitrogens is 2. The van der Waals surface area contributed by atoms with Gasteiger partial charge in [-0.05, 0) is 37.8 Å². The fourth-order valence-electron chi connectivity index (χ4n) is 3.44. The third kappa shape index (κ3) is 4.02. The van der Waals surface area contributed by atoms with Crippen LogP contribution in [0.4, 0.5) is 4.79 Å². The average molecular weight is 326 g/mol. The quantitative estimate of drug-likeness (QED) is 0.931. The summed E-state index contributed by atoms with van der Waals surface area (Å²) in [5.74, 6) is 0.608. The lowest BCUT2D eigenvalue weighted by Crippen LogP contribution is -2.45. The van der Waals surface area contributed by atoms with Crippen LogP contribution in [0, 0.1) is 5.92 Å². The Labute approximate surface area is 143 Å². The number of urea groups is 1. The van der Waals surface area contributed by atoms with Gasteiger partial charge < -0.3 is 10.2 Å². The highest BCUT2D eigenvalue weighted by atomic mass is 16.2. The smallest absolute Gasteiger partial charge is 0.317 e. The molecule has 1 fully saturated rings. The predicted octanol–water partition coefficient (Wildman–Crippen LogP) is 3.74. The van der Waals surface area contributed by atoms with Gasteiger partial charge in [0.25, 0.3) is 0 Å². The number of carbonyl (C=O) groups excluding carboxylic acids is 1. The number of hydrogen-bond acceptors (Lipinski definition) is 3. The van der Waals surface area contributed by atoms with Gasteiger partial charge in [-0.15, -0.1) is 0 Å². The summed E-state index contributed by atoms with van der Waals surface area (Å²) >= 11 is 0. The number of para-hydroxylation sites is 2. The van der Waals surface area contributed by atoms with Gasteiger partial charge in [-0.1, -0.05) is 31.4 Å². The Kier molecular flexibility index (Phi) is 5.28. The van der Waals surface area contributed by atoms with E-state index < -0.39 is 0 Å². The molecule has 0 bridgehead atoms. The largest absolute Gasteiger partial charge is 0.335 e. The van der Waals surface area contributed by atoms with Crippen molar-refractivity contribution in [2.75, 3.05) is 7.05 Å². The number of hydrogen-bond donors (Lipinski definition) is 1. The first-order valence-corrected chi connectivity index (χ1v) is 8.86. The van der Waals surface area contributed by atoms with E-state index in [1.807, 2.05) is 24.3 Å². The summed E-state index contributed by atoms with van der Waals surface area (Å²) < 4.78 is 0. The van der Waals surface area contributed by atoms with E-state index in [1.54, 1.807) is 18.1 Å². The maximum atomic E-state index is 12.4. The maximum Gasteiger partial charge on any atom is 0.317 e. The molecular weight excluding hydrogens is 300 g/mol. The number of nitrogens with one attached hydrogen (secondary N) is 1. The van der Waals surface area contributed by atoms with E-state index in [-0.39, 0.29) is 12.1 Å². The molecule has 3 rings (SSSR count). The molecule has 5 nitrogen and oxygen atoms in total. The summed E-state index contributed by atoms with van der Waals surface area (Å²) in [5.41, 5.74) is 2.54. The van der Waals surface area contributed by atoms with Gasteiger partial charge in [-0.25, -0.2) is 9.78 Å². The second kappa shape index (κ2) is 7.60. The van der Waals surface area contributed by atoms with Crippen LogP contribution in [0.15, 0.2) is 30.5 Å². The van der Waals surface area contributed by atoms with E-state index in [4.69, 9.17) is 0 Å². The van der Waals surface area contributed by atoms with Crippen LogP contribution < -0.4 is 5.32 Å². The number of amides is 2. The summed E-state index contributed by atoms with van der Waals surface area (Å²) in [6.07, 6.45) is 8.10. The van der Waals surface area contributed by atoms with Gasteiger partial charge in [0.15, 0.2) is 0 Å². The van der Waals surface area contributed by atoms with Gasteiger partial charge in [0, 0.05) is 13.1 Å². The monoisotopic (exact) mass is 326 g/mol. The third-order valence-corrected chi connectivity index (χ3v) is 4.95. The molecular formula is C19H26N4O. The van der Waals surface area contributed by atoms with Gasteiger partial charge in [0.05, 0.1) is 29.5 Å². The minimum absolute atomic E-state index is 0.0389. The van der Waals surface area contributed by atoms with E-state index in [9.17, 15) is 4.79 Å². The first kappa shape index (κ1) is 16.7. The molecule has 0 radical (unpaired) electrons. The molecule has 1 heterocycles. The van der Waals surface area contributed by atoms with Gasteiger partial charge >= 0.3 is 6.03 Å². The van der Waals surface area contributed by atoms with Crippen LogP contribution >= 0.6 is 0 Å². The molecule has 0 spiro atoms. The molecule has 0 saturated heterocycles. The standard InChI is InChI=1S/C19H26N4O/c1-14(15-8-4-3-5-9-15)21-19(24)23(2)13-16-12-20-17-10-6-7-11-18(17)22-16/h6-7,10-12,14-15H,3-5,8-9,13H2,1-2H3,(H,21,24)/t14-/m0/s1. The summed E-state index contributed by atoms with van der Waals surface area (Å²) in [4.78, 5) is 23.1. The second-order valence-electron chi connectivity index (χ2n) is 6.84. The lowest BCUT2D eigenvalue weighted by molar-refractivity contribution is 0.193. The van der Waals surface area contributed by atoms with Crippen LogP contribution in [-0.4, -0.2) is 34.0 Å². The molecule has 0 unspecified atom stereocenters. The number of nitrogens with zero attached hydrogens (tertiary/aromatic N) is 3. The first-order valence-electron chi connectivity index (χ1n) is 8.86. The first-order chi connectivity index (χ1) is 11.6. The Balaban J connectivity index is 1.58. The number of fused-ring (bicyclic) bond motifs is 1. The van der Waals surface area contributed by atoms with Crippen molar-refractivity contribution in [1.82, 2.24) is 20.2 Å². The van der Waals surface area contributed by atoms with Crippen molar-refractivity contribution in [3.63, 3.8) is 0 Å². The van der Waals surface area contributed by atoms with E-state index in [1.165, 1.54) is 32.1 Å². The topological polar surface area (TPSA) is 58.1 Å². The molecule has 1 saturated carbocycles. The van der Waals surface area contributed by atoms with Crippen LogP contribution in [-0.2, 0) is 6.54 Å². The van der Waals surface area contributed by atoms with Crippen molar-refractivity contribution in [2.45, 2.75) is 51.6 Å². The summed E-state index contributed by atoms with van der Waals surface area (Å²) in [7, 11) is 1.81. The molecule has 1 aromatic carbocycles. The highest BCUT2D eigenvalue weighted by molar-refractivity contribution is 5.75. The molecule has 128 valence electrons. The Morgan fingerprint density at radius 2 is 1.96 bits per heavy atom. The molecule has 5 heteroatoms. The fourth-order valence-corrected chi connectivity index (χ4v) is 3.44. The van der Waals surface area contributed by atoms with Crippen molar-refractivity contribution in [3.8, 4) is 0 Å². The minimum atomic E-state index is -0.0389. The van der Waals surface area contributed by atoms with Gasteiger partial charge in [-0.2, -0.15) is 0 Å². The van der Waals surface area contributed by atoms with E-state index in [0.717, 1.165) is 16.7 Å². The van der Waals surface area contributed by atoms with Gasteiger partial charge in [0.1, 0.15) is 0 Å². The van der Waals surface area contributed by atoms with Crippen molar-refractivity contribution in [3.05, 3.63) is 36.2 Å². The Bertz CT molecular complexity index is 697. The molecule has 24 heavy (non-hydrogen) atoms. The average Bonchev–Trinajstić information content (AvgIpc) is 2.62. The zero-order valence-electron chi connectivity index (χ0n) is 14.5. The molecule has 1 N–H and O–H groups in total. The van der Waals surface area contributed by atoms with Crippen molar-refractivity contribution in [2.24, 2.45) is 5.92 Å². The summed E-state index contributed by atoms with van der Waals surface area (Å²) in [6.45, 7) is 2.58. The van der Waals surface area contributed by atoms with E-state index in [0.29, 0.717) is 12.5 Å². The Hall–Kier alpha value is -2.17. The lowest BCUT2D eigenvalue weighted by Gasteiger charge is -2.29. The third-order valence-electron chi connectivity index (χ3n) is 4.95. The highest BCUT2D eigenvalue weighted by Gasteiger charge is 2.22. The zero-order valence-corrected chi connectivity index (χ0v) is 14.5. The van der Waals surface area contributed by atoms with E-state index >= 15 is 0 Å². The molecule has 2 amide bonds. The maximum absolute atomic E-state index is 12.4. The SMILES string of the molecule is C[C@H](NC(=O)N(C)Cc1cnc2ccccc2n1)C1CCCCC1. The van der Waals surface area contributed by atoms with Crippen LogP contribution in [0.1, 0.15) is 44.7 Å². The molecule has 2 aromatic rings. The van der Waals surface area contributed by atoms with Gasteiger partial charge in [-0.3, -0.25) is 4.98 Å². The molecule has 1 aliphatic carbocycles. The van der Waals surface area contributed by atoms with Crippen molar-refractivity contribution in [1.29, 1.82) is 0 Å². The van der Waals surface area contributed by atoms with Crippen LogP contribution in [0.25, 0.3) is 11.0 Å². The number of rotatable bonds is 4. The minimum Gasteiger partial charge on any atom is -0.335 e. The van der Waals surface area contributed by atoms with Crippen LogP contribution in [0.2, 0.25) is 0 Å². The lowest BCUT2D eigenvalue weighted by atomic mass is 9.84. The number of benzene rings is 1. The Morgan fingerprint density at radius 1 is 1.25 bits per heavy atom. The summed E-state index contributed by atoms with van der Waals surface area (Å²) in [5, 5.41) is 3.15. The Morgan fingerprint density at radius 3 is 2.71 bits per heavy atom. The van der Waals surface area contributed by atoms with Crippen LogP contribution in [0.3, 0.4) is 0 Å². The molecule has 1 aromatic heterocycles. The molecule has 1 aliphatic rings. The molecule has 1 atom stereocenters. The predicted molar refractivity (Wildman–Crippen MR) is 95.6 cm³/mol. The van der Waals surface area contributed by atoms with Crippen molar-refractivity contribution >= 4 is 17.1 Å². The number of carbonyl (C=O) groups is 1. The fraction of sp³-hybridized carbons (Fsp3) is 0.526. The summed E-state index contributed by atoms with van der Waals surface area (Å²) in [6, 6.07) is 7.96. The van der Waals surface area contributed by atoms with Gasteiger partial charge in [0.2, 0.25) is 0 Å². The normalized spacial score (nSPS) is 16.8.